The van der Waals surface area contributed by atoms with Crippen molar-refractivity contribution >= 4 is 11.6 Å². The summed E-state index contributed by atoms with van der Waals surface area (Å²) in [6, 6.07) is 4.25. The Morgan fingerprint density at radius 3 is 2.67 bits per heavy atom. The topological polar surface area (TPSA) is 29.5 Å². The molecule has 1 aliphatic rings. The molecular formula is C11H12ClFO2. The second-order valence-corrected chi connectivity index (χ2v) is 4.20. The quantitative estimate of drug-likeness (QED) is 0.803. The molecule has 0 bridgehead atoms. The molecule has 1 aromatic carbocycles. The van der Waals surface area contributed by atoms with Crippen molar-refractivity contribution in [3.63, 3.8) is 0 Å². The highest BCUT2D eigenvalue weighted by molar-refractivity contribution is 6.30. The predicted octanol–water partition coefficient (Wildman–Crippen LogP) is 2.48. The molecule has 1 aromatic rings. The standard InChI is InChI=1S/C11H12ClFO2/c12-8-1-2-10(13)9(7-8)11(14)3-5-15-6-4-11/h1-2,7,14H,3-6H2. The molecule has 82 valence electrons. The minimum Gasteiger partial charge on any atom is -0.385 e. The highest BCUT2D eigenvalue weighted by atomic mass is 35.5. The molecule has 0 aliphatic carbocycles. The van der Waals surface area contributed by atoms with Crippen molar-refractivity contribution in [1.82, 2.24) is 0 Å². The first-order valence-electron chi connectivity index (χ1n) is 4.87. The third-order valence-electron chi connectivity index (χ3n) is 2.75. The second kappa shape index (κ2) is 4.08. The number of benzene rings is 1. The van der Waals surface area contributed by atoms with E-state index >= 15 is 0 Å². The summed E-state index contributed by atoms with van der Waals surface area (Å²) < 4.78 is 18.7. The fourth-order valence-corrected chi connectivity index (χ4v) is 2.00. The molecule has 1 aliphatic heterocycles. The van der Waals surface area contributed by atoms with Gasteiger partial charge >= 0.3 is 0 Å². The first-order chi connectivity index (χ1) is 7.12. The Morgan fingerprint density at radius 1 is 1.33 bits per heavy atom. The van der Waals surface area contributed by atoms with E-state index in [4.69, 9.17) is 16.3 Å². The van der Waals surface area contributed by atoms with Crippen LogP contribution in [0.25, 0.3) is 0 Å². The lowest BCUT2D eigenvalue weighted by molar-refractivity contribution is -0.0697. The van der Waals surface area contributed by atoms with Crippen LogP contribution in [0.2, 0.25) is 5.02 Å². The first kappa shape index (κ1) is 10.9. The van der Waals surface area contributed by atoms with Crippen molar-refractivity contribution in [2.24, 2.45) is 0 Å². The number of hydrogen-bond acceptors (Lipinski definition) is 2. The van der Waals surface area contributed by atoms with Crippen molar-refractivity contribution in [1.29, 1.82) is 0 Å². The average Bonchev–Trinajstić information content (AvgIpc) is 2.23. The Hall–Kier alpha value is -0.640. The third-order valence-corrected chi connectivity index (χ3v) is 2.98. The summed E-state index contributed by atoms with van der Waals surface area (Å²) in [7, 11) is 0. The molecule has 1 fully saturated rings. The van der Waals surface area contributed by atoms with Gasteiger partial charge in [-0.05, 0) is 18.2 Å². The number of rotatable bonds is 1. The van der Waals surface area contributed by atoms with Crippen molar-refractivity contribution in [2.45, 2.75) is 18.4 Å². The maximum absolute atomic E-state index is 13.5. The maximum Gasteiger partial charge on any atom is 0.129 e. The Labute approximate surface area is 92.6 Å². The fourth-order valence-electron chi connectivity index (χ4n) is 1.83. The summed E-state index contributed by atoms with van der Waals surface area (Å²) in [5.41, 5.74) is -0.856. The molecule has 0 aromatic heterocycles. The molecule has 0 unspecified atom stereocenters. The highest BCUT2D eigenvalue weighted by Gasteiger charge is 2.34. The lowest BCUT2D eigenvalue weighted by atomic mass is 9.86. The van der Waals surface area contributed by atoms with E-state index in [1.807, 2.05) is 0 Å². The van der Waals surface area contributed by atoms with Gasteiger partial charge in [0.1, 0.15) is 5.82 Å². The highest BCUT2D eigenvalue weighted by Crippen LogP contribution is 2.34. The normalized spacial score (nSPS) is 20.2. The van der Waals surface area contributed by atoms with Crippen LogP contribution in [-0.2, 0) is 10.3 Å². The van der Waals surface area contributed by atoms with E-state index in [0.29, 0.717) is 31.1 Å². The lowest BCUT2D eigenvalue weighted by Gasteiger charge is -2.32. The Morgan fingerprint density at radius 2 is 2.00 bits per heavy atom. The molecule has 0 saturated carbocycles. The summed E-state index contributed by atoms with van der Waals surface area (Å²) in [6.07, 6.45) is 0.814. The molecular weight excluding hydrogens is 219 g/mol. The molecule has 0 spiro atoms. The zero-order chi connectivity index (χ0) is 10.9. The van der Waals surface area contributed by atoms with Crippen LogP contribution in [-0.4, -0.2) is 18.3 Å². The van der Waals surface area contributed by atoms with Gasteiger partial charge in [0.05, 0.1) is 5.60 Å². The van der Waals surface area contributed by atoms with E-state index in [1.165, 1.54) is 18.2 Å². The summed E-state index contributed by atoms with van der Waals surface area (Å²) in [4.78, 5) is 0. The number of ether oxygens (including phenoxy) is 1. The number of hydrogen-bond donors (Lipinski definition) is 1. The molecule has 2 nitrogen and oxygen atoms in total. The second-order valence-electron chi connectivity index (χ2n) is 3.77. The molecule has 1 heterocycles. The molecule has 4 heteroatoms. The van der Waals surface area contributed by atoms with Gasteiger partial charge < -0.3 is 9.84 Å². The zero-order valence-electron chi connectivity index (χ0n) is 8.17. The maximum atomic E-state index is 13.5. The number of halogens is 2. The van der Waals surface area contributed by atoms with Crippen LogP contribution in [0, 0.1) is 5.82 Å². The van der Waals surface area contributed by atoms with Crippen molar-refractivity contribution in [3.05, 3.63) is 34.6 Å². The summed E-state index contributed by atoms with van der Waals surface area (Å²) >= 11 is 5.79. The summed E-state index contributed by atoms with van der Waals surface area (Å²) in [5.74, 6) is -0.413. The van der Waals surface area contributed by atoms with Gasteiger partial charge in [-0.1, -0.05) is 11.6 Å². The Balaban J connectivity index is 2.38. The van der Waals surface area contributed by atoms with Gasteiger partial charge in [-0.15, -0.1) is 0 Å². The minimum absolute atomic E-state index is 0.276. The van der Waals surface area contributed by atoms with E-state index < -0.39 is 11.4 Å². The number of aliphatic hydroxyl groups is 1. The van der Waals surface area contributed by atoms with Crippen LogP contribution in [0.3, 0.4) is 0 Å². The van der Waals surface area contributed by atoms with Gasteiger partial charge in [-0.2, -0.15) is 0 Å². The van der Waals surface area contributed by atoms with Gasteiger partial charge in [-0.25, -0.2) is 4.39 Å². The van der Waals surface area contributed by atoms with Crippen LogP contribution in [0.15, 0.2) is 18.2 Å². The van der Waals surface area contributed by atoms with Crippen LogP contribution >= 0.6 is 11.6 Å². The average molecular weight is 231 g/mol. The van der Waals surface area contributed by atoms with Gasteiger partial charge in [0.25, 0.3) is 0 Å². The fraction of sp³-hybridized carbons (Fsp3) is 0.455. The molecule has 0 atom stereocenters. The largest absolute Gasteiger partial charge is 0.385 e. The minimum atomic E-state index is -1.13. The van der Waals surface area contributed by atoms with E-state index in [-0.39, 0.29) is 5.56 Å². The molecule has 0 radical (unpaired) electrons. The van der Waals surface area contributed by atoms with E-state index in [2.05, 4.69) is 0 Å². The molecule has 1 N–H and O–H groups in total. The van der Waals surface area contributed by atoms with Crippen molar-refractivity contribution in [3.8, 4) is 0 Å². The first-order valence-corrected chi connectivity index (χ1v) is 5.25. The molecule has 2 rings (SSSR count). The zero-order valence-corrected chi connectivity index (χ0v) is 8.93. The van der Waals surface area contributed by atoms with Gasteiger partial charge in [-0.3, -0.25) is 0 Å². The lowest BCUT2D eigenvalue weighted by Crippen LogP contribution is -2.34. The predicted molar refractivity (Wildman–Crippen MR) is 55.4 cm³/mol. The summed E-state index contributed by atoms with van der Waals surface area (Å²) in [6.45, 7) is 0.894. The van der Waals surface area contributed by atoms with E-state index in [1.54, 1.807) is 0 Å². The van der Waals surface area contributed by atoms with Gasteiger partial charge in [0.2, 0.25) is 0 Å². The Kier molecular flexibility index (Phi) is 2.96. The van der Waals surface area contributed by atoms with E-state index in [9.17, 15) is 9.50 Å². The molecule has 15 heavy (non-hydrogen) atoms. The van der Waals surface area contributed by atoms with Gasteiger partial charge in [0.15, 0.2) is 0 Å². The van der Waals surface area contributed by atoms with Gasteiger partial charge in [0, 0.05) is 36.6 Å². The van der Waals surface area contributed by atoms with Crippen LogP contribution < -0.4 is 0 Å². The monoisotopic (exact) mass is 230 g/mol. The van der Waals surface area contributed by atoms with Crippen molar-refractivity contribution in [2.75, 3.05) is 13.2 Å². The van der Waals surface area contributed by atoms with E-state index in [0.717, 1.165) is 0 Å². The smallest absolute Gasteiger partial charge is 0.129 e. The SMILES string of the molecule is OC1(c2cc(Cl)ccc2F)CCOCC1. The van der Waals surface area contributed by atoms with Crippen LogP contribution in [0.4, 0.5) is 4.39 Å². The van der Waals surface area contributed by atoms with Crippen LogP contribution in [0.1, 0.15) is 18.4 Å². The summed E-state index contributed by atoms with van der Waals surface area (Å²) in [5, 5.41) is 10.7. The Bertz CT molecular complexity index is 362. The molecule has 0 amide bonds. The van der Waals surface area contributed by atoms with Crippen LogP contribution in [0.5, 0.6) is 0 Å². The molecule has 1 saturated heterocycles. The van der Waals surface area contributed by atoms with Crippen molar-refractivity contribution < 1.29 is 14.2 Å². The third kappa shape index (κ3) is 2.14.